The Hall–Kier alpha value is -4.18. The lowest BCUT2D eigenvalue weighted by Gasteiger charge is -2.21. The highest BCUT2D eigenvalue weighted by molar-refractivity contribution is 6.01. The molecule has 180 valence electrons. The van der Waals surface area contributed by atoms with Gasteiger partial charge >= 0.3 is 0 Å². The summed E-state index contributed by atoms with van der Waals surface area (Å²) >= 11 is 0. The molecule has 0 fully saturated rings. The Morgan fingerprint density at radius 3 is 2.53 bits per heavy atom. The molecule has 3 aliphatic rings. The van der Waals surface area contributed by atoms with E-state index in [1.54, 1.807) is 19.2 Å². The zero-order valence-corrected chi connectivity index (χ0v) is 20.2. The van der Waals surface area contributed by atoms with Crippen molar-refractivity contribution in [1.82, 2.24) is 5.32 Å². The van der Waals surface area contributed by atoms with E-state index in [0.717, 1.165) is 46.4 Å². The van der Waals surface area contributed by atoms with Crippen LogP contribution in [0.15, 0.2) is 91.3 Å². The van der Waals surface area contributed by atoms with Crippen molar-refractivity contribution >= 4 is 17.9 Å². The van der Waals surface area contributed by atoms with Crippen molar-refractivity contribution in [2.75, 3.05) is 7.11 Å². The zero-order valence-electron chi connectivity index (χ0n) is 20.2. The lowest BCUT2D eigenvalue weighted by atomic mass is 9.82. The van der Waals surface area contributed by atoms with Crippen LogP contribution in [0.5, 0.6) is 5.75 Å². The molecule has 0 amide bonds. The summed E-state index contributed by atoms with van der Waals surface area (Å²) in [5.74, 6) is 0.429. The molecule has 1 atom stereocenters. The van der Waals surface area contributed by atoms with E-state index in [0.29, 0.717) is 11.3 Å². The molecule has 0 bridgehead atoms. The van der Waals surface area contributed by atoms with Crippen molar-refractivity contribution in [3.05, 3.63) is 124 Å². The van der Waals surface area contributed by atoms with Crippen molar-refractivity contribution in [2.45, 2.75) is 19.3 Å². The Balaban J connectivity index is 0.000000330. The molecule has 36 heavy (non-hydrogen) atoms. The molecule has 3 nitrogen and oxygen atoms in total. The first kappa shape index (κ1) is 23.6. The van der Waals surface area contributed by atoms with Gasteiger partial charge < -0.3 is 10.1 Å². The van der Waals surface area contributed by atoms with Gasteiger partial charge in [0.2, 0.25) is 0 Å². The number of hydrogen-bond acceptors (Lipinski definition) is 3. The lowest BCUT2D eigenvalue weighted by Crippen LogP contribution is -2.37. The van der Waals surface area contributed by atoms with Gasteiger partial charge in [0.25, 0.3) is 0 Å². The van der Waals surface area contributed by atoms with Gasteiger partial charge in [0, 0.05) is 23.9 Å². The van der Waals surface area contributed by atoms with Crippen LogP contribution in [0.3, 0.4) is 0 Å². The standard InChI is InChI=1S/C26H21FO2.C6H7N/c1-29-21-4-2-3-18(13-21)26(28)19-6-5-16-8-12-23-22(24(16)14-19)11-9-17-7-10-20(27)15-25(17)23;1-2-4-6-7-5-3-1/h2-4,7-8,10-15,19H,5-6,9H2,1H3;1-7H. The minimum Gasteiger partial charge on any atom is -0.497 e. The Bertz CT molecular complexity index is 1500. The summed E-state index contributed by atoms with van der Waals surface area (Å²) < 4.78 is 19.1. The van der Waals surface area contributed by atoms with Crippen LogP contribution in [0.1, 0.15) is 27.9 Å². The first-order chi connectivity index (χ1) is 17.6. The monoisotopic (exact) mass is 477 g/mol. The van der Waals surface area contributed by atoms with Gasteiger partial charge in [-0.3, -0.25) is 4.79 Å². The molecule has 0 saturated carbocycles. The van der Waals surface area contributed by atoms with Crippen molar-refractivity contribution in [3.63, 3.8) is 0 Å². The number of carbonyl (C=O) groups excluding carboxylic acids is 1. The van der Waals surface area contributed by atoms with Crippen molar-refractivity contribution in [1.29, 1.82) is 0 Å². The third-order valence-corrected chi connectivity index (χ3v) is 6.77. The van der Waals surface area contributed by atoms with Crippen LogP contribution < -0.4 is 20.5 Å². The second-order valence-electron chi connectivity index (χ2n) is 8.99. The number of Topliss-reactive ketones (excluding diaryl/α,β-unsaturated/α-hetero) is 1. The number of methoxy groups -OCH3 is 1. The second-order valence-corrected chi connectivity index (χ2v) is 8.99. The fourth-order valence-electron chi connectivity index (χ4n) is 4.94. The Morgan fingerprint density at radius 2 is 1.72 bits per heavy atom. The first-order valence-corrected chi connectivity index (χ1v) is 12.2. The molecule has 1 unspecified atom stereocenters. The summed E-state index contributed by atoms with van der Waals surface area (Å²) in [6.07, 6.45) is 18.3. The third-order valence-electron chi connectivity index (χ3n) is 6.77. The number of ketones is 1. The fraction of sp³-hybridized carbons (Fsp3) is 0.156. The van der Waals surface area contributed by atoms with Gasteiger partial charge in [0.15, 0.2) is 5.78 Å². The number of fused-ring (bicyclic) bond motifs is 5. The zero-order chi connectivity index (χ0) is 24.9. The van der Waals surface area contributed by atoms with Crippen LogP contribution in [-0.2, 0) is 12.8 Å². The number of benzene rings is 3. The van der Waals surface area contributed by atoms with E-state index in [2.05, 4.69) is 29.6 Å². The average molecular weight is 478 g/mol. The van der Waals surface area contributed by atoms with Gasteiger partial charge in [0.1, 0.15) is 11.6 Å². The van der Waals surface area contributed by atoms with Crippen LogP contribution in [0.2, 0.25) is 0 Å². The molecular formula is C32H28FNO2. The van der Waals surface area contributed by atoms with Gasteiger partial charge in [0.05, 0.1) is 7.11 Å². The molecule has 0 radical (unpaired) electrons. The Morgan fingerprint density at radius 1 is 0.917 bits per heavy atom. The molecule has 0 aromatic heterocycles. The van der Waals surface area contributed by atoms with E-state index >= 15 is 0 Å². The van der Waals surface area contributed by atoms with Crippen LogP contribution in [-0.4, -0.2) is 12.9 Å². The first-order valence-electron chi connectivity index (χ1n) is 12.2. The number of rotatable bonds is 3. The van der Waals surface area contributed by atoms with E-state index in [1.807, 2.05) is 61.0 Å². The Labute approximate surface area is 210 Å². The fourth-order valence-corrected chi connectivity index (χ4v) is 4.94. The van der Waals surface area contributed by atoms with Gasteiger partial charge in [-0.25, -0.2) is 4.39 Å². The summed E-state index contributed by atoms with van der Waals surface area (Å²) in [6.45, 7) is 0. The van der Waals surface area contributed by atoms with E-state index in [-0.39, 0.29) is 17.5 Å². The number of hydrogen-bond donors (Lipinski definition) is 1. The largest absolute Gasteiger partial charge is 0.497 e. The van der Waals surface area contributed by atoms with Crippen LogP contribution >= 0.6 is 0 Å². The highest BCUT2D eigenvalue weighted by Gasteiger charge is 2.23. The molecule has 1 N–H and O–H groups in total. The smallest absolute Gasteiger partial charge is 0.169 e. The predicted molar refractivity (Wildman–Crippen MR) is 143 cm³/mol. The third kappa shape index (κ3) is 4.94. The summed E-state index contributed by atoms with van der Waals surface area (Å²) in [6, 6.07) is 16.6. The number of nitrogens with one attached hydrogen (secondary N) is 1. The summed E-state index contributed by atoms with van der Waals surface area (Å²) in [5, 5.41) is 5.18. The second kappa shape index (κ2) is 10.6. The van der Waals surface area contributed by atoms with Crippen LogP contribution in [0.25, 0.3) is 23.3 Å². The van der Waals surface area contributed by atoms with Gasteiger partial charge in [-0.2, -0.15) is 0 Å². The van der Waals surface area contributed by atoms with E-state index in [1.165, 1.54) is 11.6 Å². The summed E-state index contributed by atoms with van der Waals surface area (Å²) in [4.78, 5) is 13.1. The molecule has 0 spiro atoms. The lowest BCUT2D eigenvalue weighted by molar-refractivity contribution is 0.0946. The van der Waals surface area contributed by atoms with E-state index < -0.39 is 0 Å². The summed E-state index contributed by atoms with van der Waals surface area (Å²) in [7, 11) is 1.61. The molecule has 1 heterocycles. The van der Waals surface area contributed by atoms with Crippen molar-refractivity contribution < 1.29 is 13.9 Å². The van der Waals surface area contributed by atoms with Crippen LogP contribution in [0.4, 0.5) is 4.39 Å². The maximum atomic E-state index is 13.9. The minimum absolute atomic E-state index is 0.120. The highest BCUT2D eigenvalue weighted by Crippen LogP contribution is 2.27. The maximum absolute atomic E-state index is 13.9. The number of allylic oxidation sites excluding steroid dienone is 4. The molecule has 2 aliphatic carbocycles. The van der Waals surface area contributed by atoms with Gasteiger partial charge in [-0.15, -0.1) is 0 Å². The maximum Gasteiger partial charge on any atom is 0.169 e. The molecule has 4 heteroatoms. The Kier molecular flexibility index (Phi) is 6.94. The predicted octanol–water partition coefficient (Wildman–Crippen LogP) is 5.24. The number of carbonyl (C=O) groups is 1. The molecule has 1 aliphatic heterocycles. The average Bonchev–Trinajstić information content (AvgIpc) is 3.26. The highest BCUT2D eigenvalue weighted by atomic mass is 19.1. The van der Waals surface area contributed by atoms with Crippen molar-refractivity contribution in [2.24, 2.45) is 5.92 Å². The molecule has 6 rings (SSSR count). The van der Waals surface area contributed by atoms with Gasteiger partial charge in [-0.1, -0.05) is 54.6 Å². The van der Waals surface area contributed by atoms with Crippen molar-refractivity contribution in [3.8, 4) is 16.9 Å². The van der Waals surface area contributed by atoms with E-state index in [9.17, 15) is 9.18 Å². The normalized spacial score (nSPS) is 16.4. The topological polar surface area (TPSA) is 38.3 Å². The minimum atomic E-state index is -0.218. The number of halogens is 1. The number of aryl methyl sites for hydroxylation is 1. The van der Waals surface area contributed by atoms with Crippen LogP contribution in [0, 0.1) is 11.7 Å². The molecule has 0 saturated heterocycles. The number of ether oxygens (including phenoxy) is 1. The van der Waals surface area contributed by atoms with E-state index in [4.69, 9.17) is 4.74 Å². The molecular weight excluding hydrogens is 449 g/mol. The molecule has 3 aromatic carbocycles. The van der Waals surface area contributed by atoms with Gasteiger partial charge in [-0.05, 0) is 88.4 Å². The quantitative estimate of drug-likeness (QED) is 0.525. The molecule has 3 aromatic rings. The summed E-state index contributed by atoms with van der Waals surface area (Å²) in [5.41, 5.74) is 5.08. The SMILES string of the molecule is C1=CC=CNC=C1.COc1cccc(C(=O)C2C=c3c(ccc4c3=CCc3ccc(F)cc3-4)CC2)c1.